The summed E-state index contributed by atoms with van der Waals surface area (Å²) in [5.41, 5.74) is 5.55. The van der Waals surface area contributed by atoms with Gasteiger partial charge in [0.2, 0.25) is 5.91 Å². The van der Waals surface area contributed by atoms with Crippen LogP contribution in [0.4, 0.5) is 0 Å². The van der Waals surface area contributed by atoms with Crippen molar-refractivity contribution in [1.82, 2.24) is 5.32 Å². The first kappa shape index (κ1) is 11.2. The lowest BCUT2D eigenvalue weighted by molar-refractivity contribution is -0.130. The van der Waals surface area contributed by atoms with Crippen LogP contribution in [0.2, 0.25) is 0 Å². The van der Waals surface area contributed by atoms with Crippen molar-refractivity contribution >= 4 is 11.7 Å². The molecule has 6 heteroatoms. The zero-order valence-corrected chi connectivity index (χ0v) is 9.06. The fourth-order valence-electron chi connectivity index (χ4n) is 1.96. The summed E-state index contributed by atoms with van der Waals surface area (Å²) < 4.78 is 5.27. The summed E-state index contributed by atoms with van der Waals surface area (Å²) in [6.45, 7) is 0.635. The molecule has 2 rings (SSSR count). The fraction of sp³-hybridized carbons (Fsp3) is 0.800. The van der Waals surface area contributed by atoms with E-state index in [4.69, 9.17) is 15.7 Å². The van der Waals surface area contributed by atoms with Gasteiger partial charge < -0.3 is 21.0 Å². The van der Waals surface area contributed by atoms with E-state index in [0.717, 1.165) is 25.7 Å². The maximum Gasteiger partial charge on any atom is 0.249 e. The van der Waals surface area contributed by atoms with E-state index in [9.17, 15) is 4.79 Å². The highest BCUT2D eigenvalue weighted by atomic mass is 16.5. The monoisotopic (exact) mass is 227 g/mol. The standard InChI is InChI=1S/C10H17N3O3/c11-9(13-15)8(6-3-4-6)12-10(14)7-2-1-5-16-7/h6-8,15H,1-5H2,(H2,11,13)(H,12,14). The number of amides is 1. The molecule has 0 aromatic heterocycles. The minimum atomic E-state index is -0.368. The summed E-state index contributed by atoms with van der Waals surface area (Å²) in [6.07, 6.45) is 3.31. The normalized spacial score (nSPS) is 27.8. The van der Waals surface area contributed by atoms with Gasteiger partial charge in [0, 0.05) is 6.61 Å². The van der Waals surface area contributed by atoms with Crippen LogP contribution in [-0.4, -0.2) is 35.7 Å². The van der Waals surface area contributed by atoms with Gasteiger partial charge in [0.25, 0.3) is 0 Å². The zero-order chi connectivity index (χ0) is 11.5. The van der Waals surface area contributed by atoms with Crippen LogP contribution in [0, 0.1) is 5.92 Å². The highest BCUT2D eigenvalue weighted by molar-refractivity contribution is 5.91. The molecule has 0 spiro atoms. The number of hydrogen-bond donors (Lipinski definition) is 3. The Balaban J connectivity index is 1.92. The number of carbonyl (C=O) groups excluding carboxylic acids is 1. The quantitative estimate of drug-likeness (QED) is 0.268. The molecule has 1 saturated carbocycles. The minimum Gasteiger partial charge on any atom is -0.409 e. The molecular weight excluding hydrogens is 210 g/mol. The third-order valence-electron chi connectivity index (χ3n) is 3.05. The van der Waals surface area contributed by atoms with Crippen molar-refractivity contribution in [1.29, 1.82) is 0 Å². The molecule has 1 amide bonds. The number of rotatable bonds is 4. The third kappa shape index (κ3) is 2.44. The lowest BCUT2D eigenvalue weighted by atomic mass is 10.1. The number of oxime groups is 1. The molecule has 0 aromatic carbocycles. The Morgan fingerprint density at radius 2 is 2.25 bits per heavy atom. The van der Waals surface area contributed by atoms with Gasteiger partial charge >= 0.3 is 0 Å². The van der Waals surface area contributed by atoms with Gasteiger partial charge in [0.15, 0.2) is 5.84 Å². The molecule has 2 fully saturated rings. The Morgan fingerprint density at radius 1 is 1.50 bits per heavy atom. The molecule has 16 heavy (non-hydrogen) atoms. The SMILES string of the molecule is NC(=NO)C(NC(=O)C1CCCO1)C1CC1. The molecule has 90 valence electrons. The smallest absolute Gasteiger partial charge is 0.249 e. The molecule has 6 nitrogen and oxygen atoms in total. The van der Waals surface area contributed by atoms with Crippen LogP contribution >= 0.6 is 0 Å². The maximum absolute atomic E-state index is 11.8. The van der Waals surface area contributed by atoms with Crippen LogP contribution in [0.3, 0.4) is 0 Å². The zero-order valence-electron chi connectivity index (χ0n) is 9.06. The van der Waals surface area contributed by atoms with E-state index in [1.807, 2.05) is 0 Å². The Bertz CT molecular complexity index is 296. The predicted molar refractivity (Wildman–Crippen MR) is 57.0 cm³/mol. The van der Waals surface area contributed by atoms with Gasteiger partial charge in [-0.25, -0.2) is 0 Å². The van der Waals surface area contributed by atoms with Crippen molar-refractivity contribution in [2.24, 2.45) is 16.8 Å². The van der Waals surface area contributed by atoms with Crippen LogP contribution < -0.4 is 11.1 Å². The maximum atomic E-state index is 11.8. The number of amidine groups is 1. The second kappa shape index (κ2) is 4.69. The summed E-state index contributed by atoms with van der Waals surface area (Å²) in [6, 6.07) is -0.346. The van der Waals surface area contributed by atoms with Gasteiger partial charge in [-0.05, 0) is 31.6 Å². The largest absolute Gasteiger partial charge is 0.409 e. The van der Waals surface area contributed by atoms with Gasteiger partial charge in [-0.3, -0.25) is 4.79 Å². The second-order valence-electron chi connectivity index (χ2n) is 4.35. The molecule has 1 aliphatic carbocycles. The fourth-order valence-corrected chi connectivity index (χ4v) is 1.96. The molecule has 2 unspecified atom stereocenters. The molecule has 0 bridgehead atoms. The molecular formula is C10H17N3O3. The minimum absolute atomic E-state index is 0.0776. The summed E-state index contributed by atoms with van der Waals surface area (Å²) in [5, 5.41) is 14.4. The first-order valence-corrected chi connectivity index (χ1v) is 5.61. The third-order valence-corrected chi connectivity index (χ3v) is 3.05. The van der Waals surface area contributed by atoms with E-state index in [0.29, 0.717) is 12.5 Å². The van der Waals surface area contributed by atoms with Crippen molar-refractivity contribution in [3.8, 4) is 0 Å². The lowest BCUT2D eigenvalue weighted by Crippen LogP contribution is -2.49. The number of nitrogens with zero attached hydrogens (tertiary/aromatic N) is 1. The van der Waals surface area contributed by atoms with E-state index >= 15 is 0 Å². The summed E-state index contributed by atoms with van der Waals surface area (Å²) in [4.78, 5) is 11.8. The number of nitrogens with two attached hydrogens (primary N) is 1. The number of hydrogen-bond acceptors (Lipinski definition) is 4. The van der Waals surface area contributed by atoms with Crippen LogP contribution in [0.15, 0.2) is 5.16 Å². The summed E-state index contributed by atoms with van der Waals surface area (Å²) in [7, 11) is 0. The highest BCUT2D eigenvalue weighted by Crippen LogP contribution is 2.32. The van der Waals surface area contributed by atoms with Crippen molar-refractivity contribution in [2.45, 2.75) is 37.8 Å². The van der Waals surface area contributed by atoms with E-state index in [2.05, 4.69) is 10.5 Å². The Morgan fingerprint density at radius 3 is 2.75 bits per heavy atom. The van der Waals surface area contributed by atoms with Crippen LogP contribution in [0.25, 0.3) is 0 Å². The highest BCUT2D eigenvalue weighted by Gasteiger charge is 2.37. The molecule has 1 saturated heterocycles. The molecule has 1 aliphatic heterocycles. The first-order valence-electron chi connectivity index (χ1n) is 5.61. The average molecular weight is 227 g/mol. The second-order valence-corrected chi connectivity index (χ2v) is 4.35. The lowest BCUT2D eigenvalue weighted by Gasteiger charge is -2.18. The van der Waals surface area contributed by atoms with Gasteiger partial charge in [0.1, 0.15) is 6.10 Å². The Labute approximate surface area is 93.8 Å². The van der Waals surface area contributed by atoms with E-state index in [1.54, 1.807) is 0 Å². The molecule has 2 atom stereocenters. The van der Waals surface area contributed by atoms with Gasteiger partial charge in [-0.2, -0.15) is 0 Å². The Kier molecular flexibility index (Phi) is 3.28. The van der Waals surface area contributed by atoms with Crippen molar-refractivity contribution < 1.29 is 14.7 Å². The number of nitrogens with one attached hydrogen (secondary N) is 1. The van der Waals surface area contributed by atoms with Gasteiger partial charge in [-0.15, -0.1) is 0 Å². The van der Waals surface area contributed by atoms with Crippen LogP contribution in [0.5, 0.6) is 0 Å². The molecule has 2 aliphatic rings. The van der Waals surface area contributed by atoms with Gasteiger partial charge in [0.05, 0.1) is 6.04 Å². The first-order chi connectivity index (χ1) is 7.72. The van der Waals surface area contributed by atoms with Crippen molar-refractivity contribution in [2.75, 3.05) is 6.61 Å². The number of ether oxygens (including phenoxy) is 1. The molecule has 0 radical (unpaired) electrons. The van der Waals surface area contributed by atoms with Crippen LogP contribution in [-0.2, 0) is 9.53 Å². The van der Waals surface area contributed by atoms with Gasteiger partial charge in [-0.1, -0.05) is 5.16 Å². The molecule has 4 N–H and O–H groups in total. The van der Waals surface area contributed by atoms with E-state index < -0.39 is 0 Å². The van der Waals surface area contributed by atoms with E-state index in [1.165, 1.54) is 0 Å². The van der Waals surface area contributed by atoms with Crippen molar-refractivity contribution in [3.63, 3.8) is 0 Å². The molecule has 1 heterocycles. The Hall–Kier alpha value is -1.30. The van der Waals surface area contributed by atoms with Crippen LogP contribution in [0.1, 0.15) is 25.7 Å². The average Bonchev–Trinajstić information content (AvgIpc) is 2.98. The number of carbonyl (C=O) groups is 1. The summed E-state index contributed by atoms with van der Waals surface area (Å²) >= 11 is 0. The summed E-state index contributed by atoms with van der Waals surface area (Å²) in [5.74, 6) is 0.233. The molecule has 0 aromatic rings. The van der Waals surface area contributed by atoms with E-state index in [-0.39, 0.29) is 23.9 Å². The van der Waals surface area contributed by atoms with Crippen molar-refractivity contribution in [3.05, 3.63) is 0 Å². The predicted octanol–water partition coefficient (Wildman–Crippen LogP) is -0.193. The topological polar surface area (TPSA) is 96.9 Å².